The molecule has 6 nitrogen and oxygen atoms in total. The standard InChI is InChI=1S/C21H25N5OS/c1-4-5-6-16-7-9-17(10-8-16)24-19(27)12-18-13-28-21(25-18)26-20-22-14(2)11-15(3)23-20/h7-11,13H,4-6,12H2,1-3H3,(H,24,27)(H,22,23,25,26). The molecule has 2 aromatic heterocycles. The monoisotopic (exact) mass is 395 g/mol. The van der Waals surface area contributed by atoms with Crippen molar-refractivity contribution in [2.45, 2.75) is 46.5 Å². The van der Waals surface area contributed by atoms with Crippen molar-refractivity contribution in [3.63, 3.8) is 0 Å². The summed E-state index contributed by atoms with van der Waals surface area (Å²) in [7, 11) is 0. The molecule has 28 heavy (non-hydrogen) atoms. The Balaban J connectivity index is 1.54. The molecule has 3 rings (SSSR count). The van der Waals surface area contributed by atoms with Gasteiger partial charge >= 0.3 is 0 Å². The topological polar surface area (TPSA) is 79.8 Å². The van der Waals surface area contributed by atoms with Crippen LogP contribution in [-0.2, 0) is 17.6 Å². The number of nitrogens with one attached hydrogen (secondary N) is 2. The molecule has 0 spiro atoms. The van der Waals surface area contributed by atoms with E-state index < -0.39 is 0 Å². The van der Waals surface area contributed by atoms with E-state index in [1.807, 2.05) is 37.4 Å². The molecule has 2 heterocycles. The Morgan fingerprint density at radius 2 is 1.79 bits per heavy atom. The smallest absolute Gasteiger partial charge is 0.230 e. The fraction of sp³-hybridized carbons (Fsp3) is 0.333. The third kappa shape index (κ3) is 5.85. The van der Waals surface area contributed by atoms with Crippen molar-refractivity contribution in [3.05, 3.63) is 58.4 Å². The Morgan fingerprint density at radius 3 is 2.46 bits per heavy atom. The minimum atomic E-state index is -0.0826. The molecular weight excluding hydrogens is 370 g/mol. The Kier molecular flexibility index (Phi) is 6.71. The minimum Gasteiger partial charge on any atom is -0.326 e. The first-order valence-electron chi connectivity index (χ1n) is 9.44. The molecule has 0 unspecified atom stereocenters. The summed E-state index contributed by atoms with van der Waals surface area (Å²) in [6, 6.07) is 9.96. The number of aryl methyl sites for hydroxylation is 3. The molecule has 2 N–H and O–H groups in total. The van der Waals surface area contributed by atoms with Crippen LogP contribution >= 0.6 is 11.3 Å². The number of carbonyl (C=O) groups is 1. The lowest BCUT2D eigenvalue weighted by atomic mass is 10.1. The predicted octanol–water partition coefficient (Wildman–Crippen LogP) is 4.82. The number of unbranched alkanes of at least 4 members (excludes halogenated alkanes) is 1. The Hall–Kier alpha value is -2.80. The lowest BCUT2D eigenvalue weighted by molar-refractivity contribution is -0.115. The van der Waals surface area contributed by atoms with Gasteiger partial charge in [0.15, 0.2) is 5.13 Å². The van der Waals surface area contributed by atoms with Crippen LogP contribution in [0.25, 0.3) is 0 Å². The van der Waals surface area contributed by atoms with Crippen LogP contribution in [0.5, 0.6) is 0 Å². The fourth-order valence-electron chi connectivity index (χ4n) is 2.83. The molecule has 0 atom stereocenters. The molecule has 0 fully saturated rings. The van der Waals surface area contributed by atoms with Gasteiger partial charge in [-0.25, -0.2) is 15.0 Å². The number of carbonyl (C=O) groups excluding carboxylic acids is 1. The molecule has 0 aliphatic rings. The molecule has 0 aliphatic heterocycles. The summed E-state index contributed by atoms with van der Waals surface area (Å²) in [5, 5.41) is 8.58. The molecule has 1 amide bonds. The van der Waals surface area contributed by atoms with Gasteiger partial charge in [0.25, 0.3) is 0 Å². The molecule has 0 saturated heterocycles. The van der Waals surface area contributed by atoms with E-state index in [0.717, 1.165) is 23.5 Å². The number of hydrogen-bond donors (Lipinski definition) is 2. The van der Waals surface area contributed by atoms with Gasteiger partial charge in [0.2, 0.25) is 11.9 Å². The van der Waals surface area contributed by atoms with E-state index in [4.69, 9.17) is 0 Å². The zero-order valence-electron chi connectivity index (χ0n) is 16.5. The van der Waals surface area contributed by atoms with Crippen LogP contribution in [0.2, 0.25) is 0 Å². The van der Waals surface area contributed by atoms with Crippen molar-refractivity contribution < 1.29 is 4.79 Å². The number of hydrogen-bond acceptors (Lipinski definition) is 6. The van der Waals surface area contributed by atoms with Gasteiger partial charge in [0.05, 0.1) is 12.1 Å². The summed E-state index contributed by atoms with van der Waals surface area (Å²) in [5.41, 5.74) is 4.61. The number of benzene rings is 1. The van der Waals surface area contributed by atoms with Crippen LogP contribution in [-0.4, -0.2) is 20.9 Å². The van der Waals surface area contributed by atoms with Gasteiger partial charge in [0.1, 0.15) is 0 Å². The van der Waals surface area contributed by atoms with E-state index in [2.05, 4.69) is 44.6 Å². The maximum atomic E-state index is 12.3. The van der Waals surface area contributed by atoms with Gasteiger partial charge < -0.3 is 10.6 Å². The number of anilines is 3. The molecule has 3 aromatic rings. The highest BCUT2D eigenvalue weighted by molar-refractivity contribution is 7.13. The molecule has 0 saturated carbocycles. The molecule has 0 radical (unpaired) electrons. The van der Waals surface area contributed by atoms with Crippen molar-refractivity contribution in [1.82, 2.24) is 15.0 Å². The molecule has 7 heteroatoms. The van der Waals surface area contributed by atoms with Crippen molar-refractivity contribution in [1.29, 1.82) is 0 Å². The first kappa shape index (κ1) is 19.9. The van der Waals surface area contributed by atoms with Crippen LogP contribution in [0.4, 0.5) is 16.8 Å². The molecule has 146 valence electrons. The Morgan fingerprint density at radius 1 is 1.07 bits per heavy atom. The second kappa shape index (κ2) is 9.41. The van der Waals surface area contributed by atoms with Crippen LogP contribution in [0.15, 0.2) is 35.7 Å². The highest BCUT2D eigenvalue weighted by atomic mass is 32.1. The maximum Gasteiger partial charge on any atom is 0.230 e. The van der Waals surface area contributed by atoms with E-state index in [0.29, 0.717) is 16.8 Å². The van der Waals surface area contributed by atoms with E-state index in [-0.39, 0.29) is 12.3 Å². The zero-order valence-corrected chi connectivity index (χ0v) is 17.3. The summed E-state index contributed by atoms with van der Waals surface area (Å²) in [5.74, 6) is 0.437. The average Bonchev–Trinajstić information content (AvgIpc) is 3.06. The average molecular weight is 396 g/mol. The number of aromatic nitrogens is 3. The van der Waals surface area contributed by atoms with Gasteiger partial charge in [-0.3, -0.25) is 4.79 Å². The second-order valence-corrected chi connectivity index (χ2v) is 7.63. The van der Waals surface area contributed by atoms with Crippen molar-refractivity contribution in [2.75, 3.05) is 10.6 Å². The summed E-state index contributed by atoms with van der Waals surface area (Å²) in [6.45, 7) is 6.03. The number of nitrogens with zero attached hydrogens (tertiary/aromatic N) is 3. The van der Waals surface area contributed by atoms with Gasteiger partial charge in [-0.15, -0.1) is 11.3 Å². The molecule has 0 bridgehead atoms. The first-order valence-corrected chi connectivity index (χ1v) is 10.3. The van der Waals surface area contributed by atoms with E-state index in [1.165, 1.54) is 29.7 Å². The molecule has 1 aromatic carbocycles. The van der Waals surface area contributed by atoms with E-state index in [9.17, 15) is 4.79 Å². The van der Waals surface area contributed by atoms with Gasteiger partial charge in [-0.1, -0.05) is 25.5 Å². The molecule has 0 aliphatic carbocycles. The SMILES string of the molecule is CCCCc1ccc(NC(=O)Cc2csc(Nc3nc(C)cc(C)n3)n2)cc1. The lowest BCUT2D eigenvalue weighted by Crippen LogP contribution is -2.14. The number of thiazole rings is 1. The van der Waals surface area contributed by atoms with Crippen LogP contribution in [0.3, 0.4) is 0 Å². The summed E-state index contributed by atoms with van der Waals surface area (Å²) in [6.07, 6.45) is 3.66. The number of rotatable bonds is 8. The Labute approximate surface area is 169 Å². The summed E-state index contributed by atoms with van der Waals surface area (Å²) < 4.78 is 0. The highest BCUT2D eigenvalue weighted by Crippen LogP contribution is 2.20. The van der Waals surface area contributed by atoms with Crippen LogP contribution in [0.1, 0.15) is 42.4 Å². The fourth-order valence-corrected chi connectivity index (χ4v) is 3.53. The first-order chi connectivity index (χ1) is 13.5. The van der Waals surface area contributed by atoms with Crippen molar-refractivity contribution >= 4 is 34.0 Å². The second-order valence-electron chi connectivity index (χ2n) is 6.77. The third-order valence-electron chi connectivity index (χ3n) is 4.15. The highest BCUT2D eigenvalue weighted by Gasteiger charge is 2.10. The minimum absolute atomic E-state index is 0.0826. The van der Waals surface area contributed by atoms with E-state index in [1.54, 1.807) is 0 Å². The lowest BCUT2D eigenvalue weighted by Gasteiger charge is -2.06. The van der Waals surface area contributed by atoms with Gasteiger partial charge in [-0.05, 0) is 50.5 Å². The van der Waals surface area contributed by atoms with E-state index >= 15 is 0 Å². The summed E-state index contributed by atoms with van der Waals surface area (Å²) >= 11 is 1.43. The third-order valence-corrected chi connectivity index (χ3v) is 4.96. The van der Waals surface area contributed by atoms with Crippen molar-refractivity contribution in [2.24, 2.45) is 0 Å². The predicted molar refractivity (Wildman–Crippen MR) is 114 cm³/mol. The summed E-state index contributed by atoms with van der Waals surface area (Å²) in [4.78, 5) is 25.5. The molecular formula is C21H25N5OS. The van der Waals surface area contributed by atoms with Crippen LogP contribution < -0.4 is 10.6 Å². The van der Waals surface area contributed by atoms with Gasteiger partial charge in [-0.2, -0.15) is 0 Å². The zero-order chi connectivity index (χ0) is 19.9. The van der Waals surface area contributed by atoms with Crippen molar-refractivity contribution in [3.8, 4) is 0 Å². The maximum absolute atomic E-state index is 12.3. The quantitative estimate of drug-likeness (QED) is 0.572. The van der Waals surface area contributed by atoms with Gasteiger partial charge in [0, 0.05) is 22.5 Å². The Bertz CT molecular complexity index is 916. The number of amides is 1. The normalized spacial score (nSPS) is 10.7. The largest absolute Gasteiger partial charge is 0.326 e. The van der Waals surface area contributed by atoms with Crippen LogP contribution in [0, 0.1) is 13.8 Å².